The fraction of sp³-hybridized carbons (Fsp3) is 0.667. The van der Waals surface area contributed by atoms with Crippen molar-refractivity contribution >= 4 is 21.8 Å². The quantitative estimate of drug-likeness (QED) is 0.743. The number of fused-ring (bicyclic) bond motifs is 2. The van der Waals surface area contributed by atoms with Gasteiger partial charge in [-0.25, -0.2) is 4.98 Å². The lowest BCUT2D eigenvalue weighted by Gasteiger charge is -2.36. The van der Waals surface area contributed by atoms with Gasteiger partial charge in [0.15, 0.2) is 0 Å². The number of piperidine rings is 1. The van der Waals surface area contributed by atoms with Crippen molar-refractivity contribution in [3.63, 3.8) is 0 Å². The van der Waals surface area contributed by atoms with E-state index in [-0.39, 0.29) is 5.91 Å². The molecule has 2 aliphatic heterocycles. The second-order valence-electron chi connectivity index (χ2n) is 5.09. The molecule has 0 N–H and O–H groups in total. The molecule has 2 saturated heterocycles. The Morgan fingerprint density at radius 3 is 2.59 bits per heavy atom. The molecular formula is C12H16BrN3O. The Labute approximate surface area is 109 Å². The van der Waals surface area contributed by atoms with Crippen molar-refractivity contribution in [1.29, 1.82) is 0 Å². The van der Waals surface area contributed by atoms with E-state index in [0.717, 1.165) is 25.7 Å². The number of carbonyl (C=O) groups is 1. The van der Waals surface area contributed by atoms with E-state index in [1.807, 2.05) is 17.8 Å². The third-order valence-corrected chi connectivity index (χ3v) is 4.58. The molecule has 1 aromatic heterocycles. The number of rotatable bonds is 1. The Kier molecular flexibility index (Phi) is 2.73. The molecule has 3 rings (SSSR count). The van der Waals surface area contributed by atoms with Crippen LogP contribution in [0.5, 0.6) is 0 Å². The summed E-state index contributed by atoms with van der Waals surface area (Å²) in [5, 5.41) is 0. The van der Waals surface area contributed by atoms with E-state index < -0.39 is 0 Å². The van der Waals surface area contributed by atoms with E-state index in [4.69, 9.17) is 0 Å². The van der Waals surface area contributed by atoms with Crippen LogP contribution in [0.15, 0.2) is 12.5 Å². The maximum absolute atomic E-state index is 12.4. The highest BCUT2D eigenvalue weighted by molar-refractivity contribution is 9.09. The number of amides is 1. The lowest BCUT2D eigenvalue weighted by Crippen LogP contribution is -2.46. The van der Waals surface area contributed by atoms with Crippen LogP contribution in [-0.2, 0) is 7.05 Å². The topological polar surface area (TPSA) is 38.1 Å². The van der Waals surface area contributed by atoms with E-state index in [1.54, 1.807) is 6.33 Å². The number of hydrogen-bond acceptors (Lipinski definition) is 2. The van der Waals surface area contributed by atoms with E-state index in [1.165, 1.54) is 0 Å². The van der Waals surface area contributed by atoms with E-state index in [2.05, 4.69) is 25.8 Å². The van der Waals surface area contributed by atoms with Gasteiger partial charge in [-0.3, -0.25) is 4.79 Å². The summed E-state index contributed by atoms with van der Waals surface area (Å²) >= 11 is 3.69. The Hall–Kier alpha value is -0.840. The van der Waals surface area contributed by atoms with Gasteiger partial charge in [0, 0.05) is 30.2 Å². The number of alkyl halides is 1. The first kappa shape index (κ1) is 11.3. The molecule has 5 heteroatoms. The van der Waals surface area contributed by atoms with Crippen molar-refractivity contribution in [3.8, 4) is 0 Å². The van der Waals surface area contributed by atoms with Crippen LogP contribution < -0.4 is 0 Å². The van der Waals surface area contributed by atoms with Gasteiger partial charge < -0.3 is 9.47 Å². The lowest BCUT2D eigenvalue weighted by atomic mass is 10.0. The predicted octanol–water partition coefficient (Wildman–Crippen LogP) is 1.95. The van der Waals surface area contributed by atoms with Crippen molar-refractivity contribution in [2.45, 2.75) is 42.6 Å². The lowest BCUT2D eigenvalue weighted by molar-refractivity contribution is 0.0598. The van der Waals surface area contributed by atoms with E-state index in [0.29, 0.717) is 22.6 Å². The first-order valence-electron chi connectivity index (χ1n) is 6.10. The Morgan fingerprint density at radius 1 is 1.41 bits per heavy atom. The maximum atomic E-state index is 12.4. The van der Waals surface area contributed by atoms with Crippen LogP contribution in [0.3, 0.4) is 0 Å². The molecule has 0 spiro atoms. The van der Waals surface area contributed by atoms with Crippen LogP contribution in [0.1, 0.15) is 36.2 Å². The van der Waals surface area contributed by atoms with Gasteiger partial charge >= 0.3 is 0 Å². The molecule has 2 atom stereocenters. The molecule has 2 bridgehead atoms. The van der Waals surface area contributed by atoms with Crippen LogP contribution >= 0.6 is 15.9 Å². The Morgan fingerprint density at radius 2 is 2.06 bits per heavy atom. The Balaban J connectivity index is 1.83. The highest BCUT2D eigenvalue weighted by atomic mass is 79.9. The van der Waals surface area contributed by atoms with Gasteiger partial charge in [-0.1, -0.05) is 15.9 Å². The fourth-order valence-electron chi connectivity index (χ4n) is 3.10. The highest BCUT2D eigenvalue weighted by Gasteiger charge is 2.43. The van der Waals surface area contributed by atoms with E-state index in [9.17, 15) is 4.79 Å². The van der Waals surface area contributed by atoms with Crippen LogP contribution in [0.2, 0.25) is 0 Å². The van der Waals surface area contributed by atoms with Crippen molar-refractivity contribution in [2.24, 2.45) is 7.05 Å². The standard InChI is InChI=1S/C12H16BrN3O/c1-15-6-11(14-7-15)12(17)16-9-2-3-10(16)5-8(13)4-9/h6-10H,2-5H2,1H3. The van der Waals surface area contributed by atoms with Gasteiger partial charge in [-0.2, -0.15) is 0 Å². The molecular weight excluding hydrogens is 282 g/mol. The number of nitrogens with zero attached hydrogens (tertiary/aromatic N) is 3. The molecule has 17 heavy (non-hydrogen) atoms. The van der Waals surface area contributed by atoms with Gasteiger partial charge in [0.05, 0.1) is 6.33 Å². The molecule has 3 heterocycles. The molecule has 2 aliphatic rings. The molecule has 1 amide bonds. The number of imidazole rings is 1. The summed E-state index contributed by atoms with van der Waals surface area (Å²) in [6.45, 7) is 0. The number of aryl methyl sites for hydroxylation is 1. The zero-order valence-electron chi connectivity index (χ0n) is 9.84. The van der Waals surface area contributed by atoms with Gasteiger partial charge in [-0.15, -0.1) is 0 Å². The van der Waals surface area contributed by atoms with Gasteiger partial charge in [0.2, 0.25) is 0 Å². The molecule has 2 fully saturated rings. The summed E-state index contributed by atoms with van der Waals surface area (Å²) in [7, 11) is 1.89. The summed E-state index contributed by atoms with van der Waals surface area (Å²) in [5.74, 6) is 0.109. The van der Waals surface area contributed by atoms with Gasteiger partial charge in [-0.05, 0) is 25.7 Å². The number of hydrogen-bond donors (Lipinski definition) is 0. The van der Waals surface area contributed by atoms with Crippen LogP contribution in [0.4, 0.5) is 0 Å². The molecule has 0 aliphatic carbocycles. The minimum atomic E-state index is 0.109. The molecule has 0 saturated carbocycles. The first-order valence-corrected chi connectivity index (χ1v) is 7.01. The fourth-order valence-corrected chi connectivity index (χ4v) is 3.96. The van der Waals surface area contributed by atoms with Gasteiger partial charge in [0.25, 0.3) is 5.91 Å². The number of halogens is 1. The second-order valence-corrected chi connectivity index (χ2v) is 6.39. The third kappa shape index (κ3) is 1.90. The predicted molar refractivity (Wildman–Crippen MR) is 68.1 cm³/mol. The van der Waals surface area contributed by atoms with Gasteiger partial charge in [0.1, 0.15) is 5.69 Å². The molecule has 0 aromatic carbocycles. The summed E-state index contributed by atoms with van der Waals surface area (Å²) in [4.78, 5) is 19.2. The molecule has 1 aromatic rings. The smallest absolute Gasteiger partial charge is 0.274 e. The van der Waals surface area contributed by atoms with Crippen molar-refractivity contribution in [1.82, 2.24) is 14.5 Å². The van der Waals surface area contributed by atoms with Crippen molar-refractivity contribution in [2.75, 3.05) is 0 Å². The minimum absolute atomic E-state index is 0.109. The molecule has 0 radical (unpaired) electrons. The number of aromatic nitrogens is 2. The van der Waals surface area contributed by atoms with Crippen LogP contribution in [0, 0.1) is 0 Å². The third-order valence-electron chi connectivity index (χ3n) is 3.83. The van der Waals surface area contributed by atoms with Crippen molar-refractivity contribution < 1.29 is 4.79 Å². The molecule has 4 nitrogen and oxygen atoms in total. The van der Waals surface area contributed by atoms with Crippen LogP contribution in [0.25, 0.3) is 0 Å². The first-order chi connectivity index (χ1) is 8.15. The largest absolute Gasteiger partial charge is 0.340 e. The summed E-state index contributed by atoms with van der Waals surface area (Å²) < 4.78 is 1.83. The summed E-state index contributed by atoms with van der Waals surface area (Å²) in [6.07, 6.45) is 7.94. The average Bonchev–Trinajstić information content (AvgIpc) is 2.81. The zero-order valence-corrected chi connectivity index (χ0v) is 11.4. The second kappa shape index (κ2) is 4.12. The molecule has 92 valence electrons. The average molecular weight is 298 g/mol. The SMILES string of the molecule is Cn1cnc(C(=O)N2C3CCC2CC(Br)C3)c1. The molecule has 2 unspecified atom stereocenters. The van der Waals surface area contributed by atoms with E-state index >= 15 is 0 Å². The van der Waals surface area contributed by atoms with Crippen molar-refractivity contribution in [3.05, 3.63) is 18.2 Å². The Bertz CT molecular complexity index is 431. The summed E-state index contributed by atoms with van der Waals surface area (Å²) in [6, 6.07) is 0.820. The highest BCUT2D eigenvalue weighted by Crippen LogP contribution is 2.39. The maximum Gasteiger partial charge on any atom is 0.274 e. The normalized spacial score (nSPS) is 31.9. The number of carbonyl (C=O) groups excluding carboxylic acids is 1. The minimum Gasteiger partial charge on any atom is -0.340 e. The zero-order chi connectivity index (χ0) is 12.0. The van der Waals surface area contributed by atoms with Crippen LogP contribution in [-0.4, -0.2) is 37.3 Å². The monoisotopic (exact) mass is 297 g/mol. The summed E-state index contributed by atoms with van der Waals surface area (Å²) in [5.41, 5.74) is 0.581.